The van der Waals surface area contributed by atoms with Gasteiger partial charge in [0.1, 0.15) is 23.4 Å². The third-order valence-corrected chi connectivity index (χ3v) is 2.92. The third-order valence-electron chi connectivity index (χ3n) is 2.92. The highest BCUT2D eigenvalue weighted by molar-refractivity contribution is 5.59. The number of aromatic amines is 1. The van der Waals surface area contributed by atoms with Crippen molar-refractivity contribution in [2.24, 2.45) is 5.92 Å². The molecule has 5 heteroatoms. The molecule has 0 saturated heterocycles. The quantitative estimate of drug-likeness (QED) is 0.917. The Kier molecular flexibility index (Phi) is 3.61. The summed E-state index contributed by atoms with van der Waals surface area (Å²) in [6.07, 6.45) is 1.46. The molecule has 1 heterocycles. The molecule has 1 atom stereocenters. The number of halogens is 2. The summed E-state index contributed by atoms with van der Waals surface area (Å²) in [5, 5.41) is 9.09. The smallest absolute Gasteiger partial charge is 0.135 e. The summed E-state index contributed by atoms with van der Waals surface area (Å²) in [5.41, 5.74) is 0.675. The Labute approximate surface area is 109 Å². The molecule has 0 amide bonds. The lowest BCUT2D eigenvalue weighted by Crippen LogP contribution is -2.05. The third kappa shape index (κ3) is 2.63. The lowest BCUT2D eigenvalue weighted by molar-refractivity contribution is 0.566. The molecular weight excluding hydrogens is 248 g/mol. The normalized spacial score (nSPS) is 12.4. The SMILES string of the molecule is CC(C)C(C#N)c1ncc(-c2ccc(F)cc2F)[nH]1. The van der Waals surface area contributed by atoms with E-state index in [9.17, 15) is 8.78 Å². The number of imidazole rings is 1. The number of hydrogen-bond acceptors (Lipinski definition) is 2. The molecule has 0 aliphatic rings. The van der Waals surface area contributed by atoms with Crippen molar-refractivity contribution in [3.8, 4) is 17.3 Å². The molecule has 0 aliphatic heterocycles. The van der Waals surface area contributed by atoms with E-state index < -0.39 is 11.6 Å². The predicted octanol–water partition coefficient (Wildman–Crippen LogP) is 3.62. The Morgan fingerprint density at radius 1 is 1.32 bits per heavy atom. The van der Waals surface area contributed by atoms with Crippen molar-refractivity contribution in [3.05, 3.63) is 41.9 Å². The molecule has 19 heavy (non-hydrogen) atoms. The maximum absolute atomic E-state index is 13.6. The van der Waals surface area contributed by atoms with E-state index in [1.807, 2.05) is 13.8 Å². The van der Waals surface area contributed by atoms with Crippen LogP contribution in [0.3, 0.4) is 0 Å². The number of aromatic nitrogens is 2. The Bertz CT molecular complexity index is 626. The molecule has 98 valence electrons. The van der Waals surface area contributed by atoms with Gasteiger partial charge in [-0.05, 0) is 18.1 Å². The molecule has 1 aromatic carbocycles. The number of nitrogens with one attached hydrogen (secondary N) is 1. The van der Waals surface area contributed by atoms with Crippen molar-refractivity contribution in [2.75, 3.05) is 0 Å². The maximum atomic E-state index is 13.6. The average Bonchev–Trinajstić information content (AvgIpc) is 2.78. The van der Waals surface area contributed by atoms with Gasteiger partial charge < -0.3 is 4.98 Å². The van der Waals surface area contributed by atoms with Crippen LogP contribution in [-0.2, 0) is 0 Å². The molecule has 0 saturated carbocycles. The van der Waals surface area contributed by atoms with E-state index in [0.717, 1.165) is 6.07 Å². The fraction of sp³-hybridized carbons (Fsp3) is 0.286. The highest BCUT2D eigenvalue weighted by atomic mass is 19.1. The first-order valence-corrected chi connectivity index (χ1v) is 5.93. The van der Waals surface area contributed by atoms with Gasteiger partial charge in [0.15, 0.2) is 0 Å². The van der Waals surface area contributed by atoms with Gasteiger partial charge in [0.2, 0.25) is 0 Å². The Morgan fingerprint density at radius 3 is 2.63 bits per heavy atom. The van der Waals surface area contributed by atoms with Crippen LogP contribution in [0.2, 0.25) is 0 Å². The topological polar surface area (TPSA) is 52.5 Å². The summed E-state index contributed by atoms with van der Waals surface area (Å²) in [7, 11) is 0. The molecule has 0 bridgehead atoms. The summed E-state index contributed by atoms with van der Waals surface area (Å²) in [5.74, 6) is -1.07. The van der Waals surface area contributed by atoms with Crippen LogP contribution in [0, 0.1) is 28.9 Å². The zero-order valence-electron chi connectivity index (χ0n) is 10.6. The molecule has 1 aromatic heterocycles. The zero-order chi connectivity index (χ0) is 14.0. The minimum absolute atomic E-state index is 0.0991. The fourth-order valence-electron chi connectivity index (χ4n) is 1.87. The number of hydrogen-bond donors (Lipinski definition) is 1. The molecule has 0 radical (unpaired) electrons. The highest BCUT2D eigenvalue weighted by Gasteiger charge is 2.19. The maximum Gasteiger partial charge on any atom is 0.135 e. The highest BCUT2D eigenvalue weighted by Crippen LogP contribution is 2.26. The van der Waals surface area contributed by atoms with Crippen LogP contribution in [0.25, 0.3) is 11.3 Å². The minimum atomic E-state index is -0.659. The lowest BCUT2D eigenvalue weighted by atomic mass is 9.97. The molecule has 2 rings (SSSR count). The first-order valence-electron chi connectivity index (χ1n) is 5.93. The predicted molar refractivity (Wildman–Crippen MR) is 67.1 cm³/mol. The second kappa shape index (κ2) is 5.19. The molecular formula is C14H13F2N3. The summed E-state index contributed by atoms with van der Waals surface area (Å²) < 4.78 is 26.5. The van der Waals surface area contributed by atoms with Crippen LogP contribution in [0.5, 0.6) is 0 Å². The summed E-state index contributed by atoms with van der Waals surface area (Å²) in [6, 6.07) is 5.51. The van der Waals surface area contributed by atoms with Gasteiger partial charge in [0.25, 0.3) is 0 Å². The molecule has 1 unspecified atom stereocenters. The van der Waals surface area contributed by atoms with Crippen LogP contribution in [0.1, 0.15) is 25.6 Å². The standard InChI is InChI=1S/C14H13F2N3/c1-8(2)11(6-17)14-18-7-13(19-14)10-4-3-9(15)5-12(10)16/h3-5,7-8,11H,1-2H3,(H,18,19). The van der Waals surface area contributed by atoms with Crippen LogP contribution < -0.4 is 0 Å². The van der Waals surface area contributed by atoms with Gasteiger partial charge in [-0.1, -0.05) is 13.8 Å². The van der Waals surface area contributed by atoms with Crippen molar-refractivity contribution in [1.29, 1.82) is 5.26 Å². The van der Waals surface area contributed by atoms with Gasteiger partial charge in [0.05, 0.1) is 18.0 Å². The van der Waals surface area contributed by atoms with E-state index in [0.29, 0.717) is 11.5 Å². The van der Waals surface area contributed by atoms with E-state index in [2.05, 4.69) is 16.0 Å². The zero-order valence-corrected chi connectivity index (χ0v) is 10.6. The first-order chi connectivity index (χ1) is 9.02. The van der Waals surface area contributed by atoms with Crippen LogP contribution >= 0.6 is 0 Å². The van der Waals surface area contributed by atoms with Crippen LogP contribution in [-0.4, -0.2) is 9.97 Å². The summed E-state index contributed by atoms with van der Waals surface area (Å²) in [6.45, 7) is 3.82. The van der Waals surface area contributed by atoms with Crippen LogP contribution in [0.15, 0.2) is 24.4 Å². The molecule has 0 spiro atoms. The van der Waals surface area contributed by atoms with E-state index >= 15 is 0 Å². The van der Waals surface area contributed by atoms with Crippen molar-refractivity contribution in [3.63, 3.8) is 0 Å². The van der Waals surface area contributed by atoms with E-state index in [-0.39, 0.29) is 17.4 Å². The largest absolute Gasteiger partial charge is 0.341 e. The number of H-pyrrole nitrogens is 1. The van der Waals surface area contributed by atoms with Gasteiger partial charge >= 0.3 is 0 Å². The number of nitriles is 1. The Hall–Kier alpha value is -2.22. The second-order valence-corrected chi connectivity index (χ2v) is 4.66. The van der Waals surface area contributed by atoms with Crippen molar-refractivity contribution >= 4 is 0 Å². The monoisotopic (exact) mass is 261 g/mol. The van der Waals surface area contributed by atoms with E-state index in [1.54, 1.807) is 0 Å². The van der Waals surface area contributed by atoms with E-state index in [4.69, 9.17) is 5.26 Å². The molecule has 2 aromatic rings. The van der Waals surface area contributed by atoms with Crippen LogP contribution in [0.4, 0.5) is 8.78 Å². The molecule has 0 fully saturated rings. The lowest BCUT2D eigenvalue weighted by Gasteiger charge is -2.09. The minimum Gasteiger partial charge on any atom is -0.341 e. The van der Waals surface area contributed by atoms with Gasteiger partial charge in [-0.3, -0.25) is 0 Å². The Morgan fingerprint density at radius 2 is 2.05 bits per heavy atom. The number of benzene rings is 1. The first kappa shape index (κ1) is 13.2. The Balaban J connectivity index is 2.38. The van der Waals surface area contributed by atoms with Crippen molar-refractivity contribution in [1.82, 2.24) is 9.97 Å². The summed E-state index contributed by atoms with van der Waals surface area (Å²) in [4.78, 5) is 7.04. The second-order valence-electron chi connectivity index (χ2n) is 4.66. The number of nitrogens with zero attached hydrogens (tertiary/aromatic N) is 2. The van der Waals surface area contributed by atoms with Crippen molar-refractivity contribution < 1.29 is 8.78 Å². The van der Waals surface area contributed by atoms with Gasteiger partial charge in [-0.15, -0.1) is 0 Å². The summed E-state index contributed by atoms with van der Waals surface area (Å²) >= 11 is 0. The molecule has 1 N–H and O–H groups in total. The van der Waals surface area contributed by atoms with Gasteiger partial charge in [-0.25, -0.2) is 13.8 Å². The molecule has 0 aliphatic carbocycles. The fourth-order valence-corrected chi connectivity index (χ4v) is 1.87. The average molecular weight is 261 g/mol. The van der Waals surface area contributed by atoms with Gasteiger partial charge in [-0.2, -0.15) is 5.26 Å². The molecule has 3 nitrogen and oxygen atoms in total. The van der Waals surface area contributed by atoms with E-state index in [1.165, 1.54) is 18.3 Å². The number of rotatable bonds is 3. The van der Waals surface area contributed by atoms with Crippen molar-refractivity contribution in [2.45, 2.75) is 19.8 Å². The van der Waals surface area contributed by atoms with Gasteiger partial charge in [0, 0.05) is 11.6 Å².